The second-order valence-corrected chi connectivity index (χ2v) is 8.17. The van der Waals surface area contributed by atoms with Gasteiger partial charge in [-0.05, 0) is 60.9 Å². The third kappa shape index (κ3) is 5.46. The van der Waals surface area contributed by atoms with Crippen molar-refractivity contribution in [3.63, 3.8) is 0 Å². The van der Waals surface area contributed by atoms with E-state index < -0.39 is 6.03 Å². The van der Waals surface area contributed by atoms with Crippen LogP contribution in [0.2, 0.25) is 0 Å². The first-order valence-electron chi connectivity index (χ1n) is 11.1. The summed E-state index contributed by atoms with van der Waals surface area (Å²) < 4.78 is 18.4. The Bertz CT molecular complexity index is 1180. The topological polar surface area (TPSA) is 73.9 Å². The lowest BCUT2D eigenvalue weighted by molar-refractivity contribution is 0.192. The predicted octanol–water partition coefficient (Wildman–Crippen LogP) is 5.62. The number of ether oxygens (including phenoxy) is 1. The number of urea groups is 2. The van der Waals surface area contributed by atoms with Crippen molar-refractivity contribution in [3.05, 3.63) is 83.7 Å². The molecule has 0 aromatic heterocycles. The first kappa shape index (κ1) is 23.1. The number of benzene rings is 3. The van der Waals surface area contributed by atoms with Crippen LogP contribution in [0.25, 0.3) is 0 Å². The van der Waals surface area contributed by atoms with E-state index in [4.69, 9.17) is 4.74 Å². The van der Waals surface area contributed by atoms with Crippen LogP contribution < -0.4 is 20.3 Å². The van der Waals surface area contributed by atoms with Gasteiger partial charge in [0.2, 0.25) is 0 Å². The maximum atomic E-state index is 13.3. The van der Waals surface area contributed by atoms with Crippen LogP contribution in [0.4, 0.5) is 31.0 Å². The summed E-state index contributed by atoms with van der Waals surface area (Å²) in [6.07, 6.45) is 0.774. The number of hydrogen-bond donors (Lipinski definition) is 2. The maximum absolute atomic E-state index is 13.3. The summed E-state index contributed by atoms with van der Waals surface area (Å²) in [6, 6.07) is 18.2. The van der Waals surface area contributed by atoms with Gasteiger partial charge in [-0.1, -0.05) is 24.3 Å². The van der Waals surface area contributed by atoms with Gasteiger partial charge in [0.15, 0.2) is 0 Å². The molecule has 0 spiro atoms. The van der Waals surface area contributed by atoms with Crippen molar-refractivity contribution in [1.29, 1.82) is 0 Å². The molecule has 1 aliphatic rings. The summed E-state index contributed by atoms with van der Waals surface area (Å²) in [5.41, 5.74) is 3.56. The minimum Gasteiger partial charge on any atom is -0.497 e. The van der Waals surface area contributed by atoms with Crippen molar-refractivity contribution in [2.45, 2.75) is 19.9 Å². The average molecular weight is 463 g/mol. The van der Waals surface area contributed by atoms with Crippen LogP contribution in [0, 0.1) is 12.7 Å². The van der Waals surface area contributed by atoms with E-state index >= 15 is 0 Å². The van der Waals surface area contributed by atoms with Crippen molar-refractivity contribution in [2.24, 2.45) is 0 Å². The van der Waals surface area contributed by atoms with Crippen molar-refractivity contribution in [3.8, 4) is 5.75 Å². The van der Waals surface area contributed by atoms with Crippen LogP contribution in [0.1, 0.15) is 17.5 Å². The normalized spacial score (nSPS) is 13.6. The molecule has 1 fully saturated rings. The van der Waals surface area contributed by atoms with Crippen LogP contribution in [0.3, 0.4) is 0 Å². The van der Waals surface area contributed by atoms with Crippen LogP contribution in [0.15, 0.2) is 66.7 Å². The summed E-state index contributed by atoms with van der Waals surface area (Å²) in [7, 11) is 1.56. The number of rotatable bonds is 6. The Morgan fingerprint density at radius 3 is 2.59 bits per heavy atom. The Morgan fingerprint density at radius 2 is 1.82 bits per heavy atom. The Morgan fingerprint density at radius 1 is 1.03 bits per heavy atom. The highest BCUT2D eigenvalue weighted by atomic mass is 19.1. The summed E-state index contributed by atoms with van der Waals surface area (Å²) in [6.45, 7) is 3.46. The van der Waals surface area contributed by atoms with Crippen molar-refractivity contribution >= 4 is 29.1 Å². The van der Waals surface area contributed by atoms with Crippen LogP contribution in [0.5, 0.6) is 5.75 Å². The Kier molecular flexibility index (Phi) is 6.96. The summed E-state index contributed by atoms with van der Waals surface area (Å²) in [4.78, 5) is 29.5. The fraction of sp³-hybridized carbons (Fsp3) is 0.231. The number of carbonyl (C=O) groups excluding carboxylic acids is 2. The number of nitrogens with one attached hydrogen (secondary N) is 2. The largest absolute Gasteiger partial charge is 0.497 e. The monoisotopic (exact) mass is 462 g/mol. The standard InChI is InChI=1S/C26H27FN4O3/c1-18-7-12-24(23(15-18)29-25(32)28-21-5-3-6-22(16-21)34-2)31-14-4-13-30(26(31)33)17-19-8-10-20(27)11-9-19/h3,5-12,15-16H,4,13-14,17H2,1-2H3,(H2,28,29,32). The molecule has 1 aliphatic heterocycles. The molecule has 176 valence electrons. The van der Waals surface area contributed by atoms with Gasteiger partial charge in [0, 0.05) is 31.4 Å². The number of halogens is 1. The van der Waals surface area contributed by atoms with E-state index in [-0.39, 0.29) is 11.8 Å². The quantitative estimate of drug-likeness (QED) is 0.499. The van der Waals surface area contributed by atoms with Crippen LogP contribution >= 0.6 is 0 Å². The fourth-order valence-electron chi connectivity index (χ4n) is 3.93. The van der Waals surface area contributed by atoms with Gasteiger partial charge in [-0.15, -0.1) is 0 Å². The Balaban J connectivity index is 1.51. The van der Waals surface area contributed by atoms with Gasteiger partial charge in [-0.25, -0.2) is 14.0 Å². The molecule has 4 rings (SSSR count). The third-order valence-corrected chi connectivity index (χ3v) is 5.62. The molecule has 0 aliphatic carbocycles. The minimum atomic E-state index is -0.423. The second kappa shape index (κ2) is 10.2. The fourth-order valence-corrected chi connectivity index (χ4v) is 3.93. The SMILES string of the molecule is COc1cccc(NC(=O)Nc2cc(C)ccc2N2CCCN(Cc3ccc(F)cc3)C2=O)c1. The summed E-state index contributed by atoms with van der Waals surface area (Å²) in [5.74, 6) is 0.326. The van der Waals surface area contributed by atoms with E-state index in [9.17, 15) is 14.0 Å². The smallest absolute Gasteiger partial charge is 0.324 e. The molecule has 0 radical (unpaired) electrons. The van der Waals surface area contributed by atoms with Gasteiger partial charge in [0.05, 0.1) is 18.5 Å². The van der Waals surface area contributed by atoms with Crippen molar-refractivity contribution < 1.29 is 18.7 Å². The number of amides is 4. The zero-order valence-corrected chi connectivity index (χ0v) is 19.2. The molecule has 0 bridgehead atoms. The number of anilines is 3. The molecule has 2 N–H and O–H groups in total. The average Bonchev–Trinajstić information content (AvgIpc) is 2.82. The van der Waals surface area contributed by atoms with E-state index in [2.05, 4.69) is 10.6 Å². The molecule has 3 aromatic carbocycles. The van der Waals surface area contributed by atoms with Gasteiger partial charge < -0.3 is 20.3 Å². The third-order valence-electron chi connectivity index (χ3n) is 5.62. The molecular weight excluding hydrogens is 435 g/mol. The van der Waals surface area contributed by atoms with Gasteiger partial charge in [-0.2, -0.15) is 0 Å². The number of methoxy groups -OCH3 is 1. The van der Waals surface area contributed by atoms with Gasteiger partial charge >= 0.3 is 12.1 Å². The van der Waals surface area contributed by atoms with Crippen LogP contribution in [-0.4, -0.2) is 37.2 Å². The molecule has 0 unspecified atom stereocenters. The molecule has 34 heavy (non-hydrogen) atoms. The van der Waals surface area contributed by atoms with Crippen molar-refractivity contribution in [2.75, 3.05) is 35.7 Å². The molecule has 3 aromatic rings. The maximum Gasteiger partial charge on any atom is 0.324 e. The summed E-state index contributed by atoms with van der Waals surface area (Å²) >= 11 is 0. The van der Waals surface area contributed by atoms with E-state index in [1.165, 1.54) is 12.1 Å². The number of aryl methyl sites for hydroxylation is 1. The van der Waals surface area contributed by atoms with E-state index in [0.717, 1.165) is 17.5 Å². The highest BCUT2D eigenvalue weighted by Gasteiger charge is 2.28. The zero-order chi connectivity index (χ0) is 24.1. The first-order chi connectivity index (χ1) is 16.4. The molecule has 8 heteroatoms. The number of hydrogen-bond acceptors (Lipinski definition) is 3. The molecule has 0 atom stereocenters. The lowest BCUT2D eigenvalue weighted by Gasteiger charge is -2.36. The lowest BCUT2D eigenvalue weighted by Crippen LogP contribution is -2.49. The van der Waals surface area contributed by atoms with E-state index in [1.807, 2.05) is 25.1 Å². The Labute approximate surface area is 198 Å². The van der Waals surface area contributed by atoms with Gasteiger partial charge in [0.25, 0.3) is 0 Å². The summed E-state index contributed by atoms with van der Waals surface area (Å²) in [5, 5.41) is 5.68. The van der Waals surface area contributed by atoms with E-state index in [0.29, 0.717) is 42.4 Å². The van der Waals surface area contributed by atoms with Gasteiger partial charge in [0.1, 0.15) is 11.6 Å². The van der Waals surface area contributed by atoms with Crippen LogP contribution in [-0.2, 0) is 6.54 Å². The highest BCUT2D eigenvalue weighted by molar-refractivity contribution is 6.04. The first-order valence-corrected chi connectivity index (χ1v) is 11.1. The van der Waals surface area contributed by atoms with Crippen molar-refractivity contribution in [1.82, 2.24) is 4.90 Å². The Hall–Kier alpha value is -4.07. The lowest BCUT2D eigenvalue weighted by atomic mass is 10.1. The zero-order valence-electron chi connectivity index (χ0n) is 19.2. The van der Waals surface area contributed by atoms with Gasteiger partial charge in [-0.3, -0.25) is 4.90 Å². The highest BCUT2D eigenvalue weighted by Crippen LogP contribution is 2.30. The molecule has 0 saturated carbocycles. The molecule has 7 nitrogen and oxygen atoms in total. The molecule has 1 heterocycles. The predicted molar refractivity (Wildman–Crippen MR) is 131 cm³/mol. The number of carbonyl (C=O) groups is 2. The minimum absolute atomic E-state index is 0.157. The molecule has 4 amide bonds. The van der Waals surface area contributed by atoms with E-state index in [1.54, 1.807) is 53.3 Å². The molecule has 1 saturated heterocycles. The number of nitrogens with zero attached hydrogens (tertiary/aromatic N) is 2. The second-order valence-electron chi connectivity index (χ2n) is 8.17. The molecular formula is C26H27FN4O3.